The van der Waals surface area contributed by atoms with Crippen molar-refractivity contribution in [2.24, 2.45) is 5.92 Å². The van der Waals surface area contributed by atoms with Crippen molar-refractivity contribution >= 4 is 0 Å². The predicted molar refractivity (Wildman–Crippen MR) is 45.8 cm³/mol. The molecule has 0 heterocycles. The van der Waals surface area contributed by atoms with Gasteiger partial charge in [0, 0.05) is 0 Å². The molecule has 1 rings (SSSR count). The van der Waals surface area contributed by atoms with Crippen molar-refractivity contribution in [1.82, 2.24) is 0 Å². The van der Waals surface area contributed by atoms with Gasteiger partial charge >= 0.3 is 0 Å². The normalized spacial score (nSPS) is 25.2. The molecule has 10 heavy (non-hydrogen) atoms. The molecule has 1 aliphatic carbocycles. The Balaban J connectivity index is 2.81. The number of hydrogen-bond donors (Lipinski definition) is 0. The number of allylic oxidation sites excluding steroid dienone is 5. The minimum absolute atomic E-state index is 0.712. The lowest BCUT2D eigenvalue weighted by Crippen LogP contribution is -1.97. The molecule has 54 valence electrons. The van der Waals surface area contributed by atoms with Crippen LogP contribution in [0.4, 0.5) is 0 Å². The highest BCUT2D eigenvalue weighted by molar-refractivity contribution is 5.39. The summed E-state index contributed by atoms with van der Waals surface area (Å²) in [6, 6.07) is 0. The first-order valence-electron chi connectivity index (χ1n) is 3.75. The molecular weight excluding hydrogens is 120 g/mol. The molecule has 0 amide bonds. The summed E-state index contributed by atoms with van der Waals surface area (Å²) < 4.78 is 0. The molecule has 0 N–H and O–H groups in total. The van der Waals surface area contributed by atoms with Gasteiger partial charge in [0.1, 0.15) is 0 Å². The van der Waals surface area contributed by atoms with Gasteiger partial charge in [-0.1, -0.05) is 31.7 Å². The zero-order valence-corrected chi connectivity index (χ0v) is 6.72. The first-order valence-corrected chi connectivity index (χ1v) is 3.75. The van der Waals surface area contributed by atoms with E-state index in [0.29, 0.717) is 5.92 Å². The summed E-state index contributed by atoms with van der Waals surface area (Å²) in [5.74, 6) is 0.712. The highest BCUT2D eigenvalue weighted by Crippen LogP contribution is 2.22. The zero-order valence-electron chi connectivity index (χ0n) is 6.72. The van der Waals surface area contributed by atoms with Gasteiger partial charge in [0.05, 0.1) is 0 Å². The molecule has 0 aromatic rings. The Labute approximate surface area is 62.9 Å². The zero-order chi connectivity index (χ0) is 7.56. The standard InChI is InChI=1S/C10H14/c1-4-10-6-5-8(2)7-9(10)3/h4,6-8H,1,5H2,2-3H3. The molecule has 0 bridgehead atoms. The minimum Gasteiger partial charge on any atom is -0.0985 e. The highest BCUT2D eigenvalue weighted by Gasteiger charge is 2.05. The molecule has 0 heteroatoms. The van der Waals surface area contributed by atoms with Crippen LogP contribution in [0.15, 0.2) is 36.0 Å². The molecule has 0 radical (unpaired) electrons. The van der Waals surface area contributed by atoms with Crippen molar-refractivity contribution in [3.05, 3.63) is 36.0 Å². The van der Waals surface area contributed by atoms with Crippen LogP contribution in [0.1, 0.15) is 20.3 Å². The van der Waals surface area contributed by atoms with E-state index in [1.807, 2.05) is 6.08 Å². The third-order valence-corrected chi connectivity index (χ3v) is 1.92. The molecule has 0 fully saturated rings. The van der Waals surface area contributed by atoms with Gasteiger partial charge < -0.3 is 0 Å². The van der Waals surface area contributed by atoms with Gasteiger partial charge in [-0.2, -0.15) is 0 Å². The van der Waals surface area contributed by atoms with Crippen molar-refractivity contribution in [3.8, 4) is 0 Å². The molecular formula is C10H14. The first-order chi connectivity index (χ1) is 4.74. The molecule has 0 aromatic carbocycles. The maximum atomic E-state index is 3.75. The van der Waals surface area contributed by atoms with Gasteiger partial charge in [0.25, 0.3) is 0 Å². The summed E-state index contributed by atoms with van der Waals surface area (Å²) in [5, 5.41) is 0. The molecule has 0 spiro atoms. The fraction of sp³-hybridized carbons (Fsp3) is 0.400. The van der Waals surface area contributed by atoms with E-state index in [0.717, 1.165) is 0 Å². The fourth-order valence-corrected chi connectivity index (χ4v) is 1.31. The lowest BCUT2D eigenvalue weighted by molar-refractivity contribution is 0.725. The van der Waals surface area contributed by atoms with E-state index >= 15 is 0 Å². The Hall–Kier alpha value is -0.780. The maximum absolute atomic E-state index is 3.75. The van der Waals surface area contributed by atoms with E-state index in [9.17, 15) is 0 Å². The number of rotatable bonds is 1. The van der Waals surface area contributed by atoms with E-state index < -0.39 is 0 Å². The molecule has 0 saturated carbocycles. The molecule has 0 saturated heterocycles. The summed E-state index contributed by atoms with van der Waals surface area (Å²) in [6.45, 7) is 8.13. The van der Waals surface area contributed by atoms with Crippen molar-refractivity contribution in [3.63, 3.8) is 0 Å². The largest absolute Gasteiger partial charge is 0.0985 e. The minimum atomic E-state index is 0.712. The summed E-state index contributed by atoms with van der Waals surface area (Å²) >= 11 is 0. The SMILES string of the molecule is C=CC1=CCC(C)C=C1C. The average Bonchev–Trinajstić information content (AvgIpc) is 1.88. The lowest BCUT2D eigenvalue weighted by Gasteiger charge is -2.13. The van der Waals surface area contributed by atoms with Crippen molar-refractivity contribution in [2.75, 3.05) is 0 Å². The van der Waals surface area contributed by atoms with Crippen LogP contribution < -0.4 is 0 Å². The van der Waals surface area contributed by atoms with Crippen molar-refractivity contribution < 1.29 is 0 Å². The quantitative estimate of drug-likeness (QED) is 0.517. The Bertz CT molecular complexity index is 194. The van der Waals surface area contributed by atoms with Crippen molar-refractivity contribution in [1.29, 1.82) is 0 Å². The van der Waals surface area contributed by atoms with E-state index in [4.69, 9.17) is 0 Å². The van der Waals surface area contributed by atoms with Crippen LogP contribution in [0.25, 0.3) is 0 Å². The Morgan fingerprint density at radius 3 is 2.90 bits per heavy atom. The van der Waals surface area contributed by atoms with Gasteiger partial charge in [-0.15, -0.1) is 0 Å². The second-order valence-electron chi connectivity index (χ2n) is 2.93. The number of hydrogen-bond acceptors (Lipinski definition) is 0. The van der Waals surface area contributed by atoms with Gasteiger partial charge in [-0.25, -0.2) is 0 Å². The van der Waals surface area contributed by atoms with E-state index in [1.165, 1.54) is 17.6 Å². The van der Waals surface area contributed by atoms with Gasteiger partial charge in [0.2, 0.25) is 0 Å². The van der Waals surface area contributed by atoms with Crippen LogP contribution in [0, 0.1) is 5.92 Å². The van der Waals surface area contributed by atoms with Gasteiger partial charge in [-0.3, -0.25) is 0 Å². The Kier molecular flexibility index (Phi) is 2.10. The van der Waals surface area contributed by atoms with Crippen LogP contribution in [0.5, 0.6) is 0 Å². The average molecular weight is 134 g/mol. The van der Waals surface area contributed by atoms with E-state index in [1.54, 1.807) is 0 Å². The maximum Gasteiger partial charge on any atom is -0.0221 e. The predicted octanol–water partition coefficient (Wildman–Crippen LogP) is 3.08. The third kappa shape index (κ3) is 1.38. The second-order valence-corrected chi connectivity index (χ2v) is 2.93. The Morgan fingerprint density at radius 2 is 2.40 bits per heavy atom. The summed E-state index contributed by atoms with van der Waals surface area (Å²) in [5.41, 5.74) is 2.67. The van der Waals surface area contributed by atoms with Crippen LogP contribution in [0.3, 0.4) is 0 Å². The lowest BCUT2D eigenvalue weighted by atomic mass is 9.93. The van der Waals surface area contributed by atoms with Gasteiger partial charge in [0.15, 0.2) is 0 Å². The van der Waals surface area contributed by atoms with Crippen LogP contribution in [-0.2, 0) is 0 Å². The van der Waals surface area contributed by atoms with Crippen LogP contribution in [0.2, 0.25) is 0 Å². The molecule has 0 nitrogen and oxygen atoms in total. The van der Waals surface area contributed by atoms with Crippen LogP contribution >= 0.6 is 0 Å². The summed E-state index contributed by atoms with van der Waals surface area (Å²) in [6.07, 6.45) is 7.65. The first kappa shape index (κ1) is 7.33. The molecule has 1 unspecified atom stereocenters. The summed E-state index contributed by atoms with van der Waals surface area (Å²) in [7, 11) is 0. The third-order valence-electron chi connectivity index (χ3n) is 1.92. The van der Waals surface area contributed by atoms with Crippen molar-refractivity contribution in [2.45, 2.75) is 20.3 Å². The monoisotopic (exact) mass is 134 g/mol. The van der Waals surface area contributed by atoms with E-state index in [-0.39, 0.29) is 0 Å². The molecule has 1 atom stereocenters. The molecule has 1 aliphatic rings. The summed E-state index contributed by atoms with van der Waals surface area (Å²) in [4.78, 5) is 0. The molecule has 0 aliphatic heterocycles. The molecule has 0 aromatic heterocycles. The smallest absolute Gasteiger partial charge is 0.0221 e. The van der Waals surface area contributed by atoms with E-state index in [2.05, 4.69) is 32.6 Å². The fourth-order valence-electron chi connectivity index (χ4n) is 1.31. The van der Waals surface area contributed by atoms with Gasteiger partial charge in [-0.05, 0) is 30.4 Å². The Morgan fingerprint density at radius 1 is 1.70 bits per heavy atom. The van der Waals surface area contributed by atoms with Crippen LogP contribution in [-0.4, -0.2) is 0 Å². The second kappa shape index (κ2) is 2.87. The topological polar surface area (TPSA) is 0 Å². The highest BCUT2D eigenvalue weighted by atomic mass is 14.1.